The molecule has 0 heterocycles. The third-order valence-corrected chi connectivity index (χ3v) is 2.31. The first-order chi connectivity index (χ1) is 6.75. The quantitative estimate of drug-likeness (QED) is 0.738. The van der Waals surface area contributed by atoms with Gasteiger partial charge in [-0.2, -0.15) is 0 Å². The maximum absolute atomic E-state index is 11.4. The monoisotopic (exact) mass is 190 g/mol. The molecule has 0 aromatic heterocycles. The minimum atomic E-state index is -0.0956. The highest BCUT2D eigenvalue weighted by Crippen LogP contribution is 2.19. The number of aryl methyl sites for hydroxylation is 1. The fourth-order valence-electron chi connectivity index (χ4n) is 1.28. The second-order valence-corrected chi connectivity index (χ2v) is 3.69. The van der Waals surface area contributed by atoms with E-state index in [4.69, 9.17) is 0 Å². The van der Waals surface area contributed by atoms with Gasteiger partial charge in [-0.15, -0.1) is 0 Å². The van der Waals surface area contributed by atoms with Crippen LogP contribution in [0.3, 0.4) is 0 Å². The van der Waals surface area contributed by atoms with Crippen LogP contribution in [-0.2, 0) is 0 Å². The van der Waals surface area contributed by atoms with Gasteiger partial charge in [-0.25, -0.2) is 4.79 Å². The molecule has 14 heavy (non-hydrogen) atoms. The zero-order valence-electron chi connectivity index (χ0n) is 8.21. The molecule has 1 aromatic rings. The van der Waals surface area contributed by atoms with Gasteiger partial charge >= 0.3 is 6.03 Å². The van der Waals surface area contributed by atoms with Crippen molar-refractivity contribution in [1.29, 1.82) is 0 Å². The summed E-state index contributed by atoms with van der Waals surface area (Å²) in [5.41, 5.74) is 1.96. The molecule has 2 N–H and O–H groups in total. The fourth-order valence-corrected chi connectivity index (χ4v) is 1.28. The van der Waals surface area contributed by atoms with Crippen molar-refractivity contribution in [2.45, 2.75) is 25.8 Å². The number of hydrogen-bond acceptors (Lipinski definition) is 1. The van der Waals surface area contributed by atoms with E-state index in [0.717, 1.165) is 24.1 Å². The molecule has 3 heteroatoms. The third kappa shape index (κ3) is 2.25. The molecule has 1 aliphatic rings. The first-order valence-corrected chi connectivity index (χ1v) is 4.89. The summed E-state index contributed by atoms with van der Waals surface area (Å²) >= 11 is 0. The Kier molecular flexibility index (Phi) is 2.39. The van der Waals surface area contributed by atoms with Crippen LogP contribution in [0.4, 0.5) is 10.5 Å². The Morgan fingerprint density at radius 3 is 2.71 bits per heavy atom. The molecule has 1 aromatic carbocycles. The Bertz CT molecular complexity index is 345. The van der Waals surface area contributed by atoms with Gasteiger partial charge in [0.1, 0.15) is 0 Å². The van der Waals surface area contributed by atoms with E-state index in [1.807, 2.05) is 31.2 Å². The Balaban J connectivity index is 1.95. The van der Waals surface area contributed by atoms with Crippen LogP contribution in [0.1, 0.15) is 18.4 Å². The lowest BCUT2D eigenvalue weighted by Gasteiger charge is -2.08. The molecule has 0 spiro atoms. The van der Waals surface area contributed by atoms with E-state index in [2.05, 4.69) is 10.6 Å². The second kappa shape index (κ2) is 3.70. The lowest BCUT2D eigenvalue weighted by molar-refractivity contribution is 0.251. The molecule has 0 saturated heterocycles. The predicted octanol–water partition coefficient (Wildman–Crippen LogP) is 2.28. The van der Waals surface area contributed by atoms with Gasteiger partial charge in [0.2, 0.25) is 0 Å². The van der Waals surface area contributed by atoms with Crippen molar-refractivity contribution in [3.63, 3.8) is 0 Å². The van der Waals surface area contributed by atoms with Crippen LogP contribution in [0.15, 0.2) is 24.3 Å². The highest BCUT2D eigenvalue weighted by molar-refractivity contribution is 5.90. The third-order valence-electron chi connectivity index (χ3n) is 2.31. The lowest BCUT2D eigenvalue weighted by atomic mass is 10.2. The van der Waals surface area contributed by atoms with Gasteiger partial charge in [0.05, 0.1) is 0 Å². The normalized spacial score (nSPS) is 14.9. The summed E-state index contributed by atoms with van der Waals surface area (Å²) in [4.78, 5) is 11.4. The molecule has 2 amide bonds. The molecular weight excluding hydrogens is 176 g/mol. The van der Waals surface area contributed by atoms with Crippen molar-refractivity contribution in [3.8, 4) is 0 Å². The number of anilines is 1. The maximum Gasteiger partial charge on any atom is 0.319 e. The summed E-state index contributed by atoms with van der Waals surface area (Å²) in [5.74, 6) is 0. The van der Waals surface area contributed by atoms with E-state index >= 15 is 0 Å². The van der Waals surface area contributed by atoms with Gasteiger partial charge in [0.25, 0.3) is 0 Å². The van der Waals surface area contributed by atoms with Crippen molar-refractivity contribution >= 4 is 11.7 Å². The van der Waals surface area contributed by atoms with Gasteiger partial charge in [-0.1, -0.05) is 18.2 Å². The molecule has 0 radical (unpaired) electrons. The van der Waals surface area contributed by atoms with Crippen molar-refractivity contribution in [3.05, 3.63) is 29.8 Å². The lowest BCUT2D eigenvalue weighted by Crippen LogP contribution is -2.30. The summed E-state index contributed by atoms with van der Waals surface area (Å²) in [6.07, 6.45) is 2.22. The molecule has 0 aliphatic heterocycles. The van der Waals surface area contributed by atoms with Crippen molar-refractivity contribution in [1.82, 2.24) is 5.32 Å². The Morgan fingerprint density at radius 2 is 2.07 bits per heavy atom. The van der Waals surface area contributed by atoms with Crippen LogP contribution in [-0.4, -0.2) is 12.1 Å². The van der Waals surface area contributed by atoms with E-state index in [1.54, 1.807) is 0 Å². The summed E-state index contributed by atoms with van der Waals surface area (Å²) in [7, 11) is 0. The molecule has 1 aliphatic carbocycles. The van der Waals surface area contributed by atoms with Crippen molar-refractivity contribution < 1.29 is 4.79 Å². The Hall–Kier alpha value is -1.51. The molecule has 74 valence electrons. The fraction of sp³-hybridized carbons (Fsp3) is 0.364. The molecule has 0 atom stereocenters. The van der Waals surface area contributed by atoms with E-state index in [-0.39, 0.29) is 6.03 Å². The minimum absolute atomic E-state index is 0.0956. The standard InChI is InChI=1S/C11H14N2O/c1-8-4-2-3-5-10(8)13-11(14)12-9-6-7-9/h2-5,9H,6-7H2,1H3,(H2,12,13,14). The topological polar surface area (TPSA) is 41.1 Å². The van der Waals surface area contributed by atoms with Crippen molar-refractivity contribution in [2.24, 2.45) is 0 Å². The summed E-state index contributed by atoms with van der Waals surface area (Å²) in [6.45, 7) is 1.98. The number of nitrogens with one attached hydrogen (secondary N) is 2. The van der Waals surface area contributed by atoms with E-state index in [9.17, 15) is 4.79 Å². The number of para-hydroxylation sites is 1. The van der Waals surface area contributed by atoms with Crippen LogP contribution >= 0.6 is 0 Å². The van der Waals surface area contributed by atoms with Crippen LogP contribution < -0.4 is 10.6 Å². The first kappa shape index (κ1) is 9.06. The van der Waals surface area contributed by atoms with Gasteiger partial charge in [0, 0.05) is 11.7 Å². The number of carbonyl (C=O) groups is 1. The number of carbonyl (C=O) groups excluding carboxylic acids is 1. The van der Waals surface area contributed by atoms with Crippen LogP contribution in [0.2, 0.25) is 0 Å². The number of urea groups is 1. The number of rotatable bonds is 2. The van der Waals surface area contributed by atoms with E-state index in [0.29, 0.717) is 6.04 Å². The smallest absolute Gasteiger partial charge is 0.319 e. The minimum Gasteiger partial charge on any atom is -0.335 e. The highest BCUT2D eigenvalue weighted by atomic mass is 16.2. The van der Waals surface area contributed by atoms with Gasteiger partial charge in [0.15, 0.2) is 0 Å². The van der Waals surface area contributed by atoms with Crippen LogP contribution in [0, 0.1) is 6.92 Å². The molecule has 2 rings (SSSR count). The van der Waals surface area contributed by atoms with Gasteiger partial charge < -0.3 is 10.6 Å². The van der Waals surface area contributed by atoms with E-state index in [1.165, 1.54) is 0 Å². The molecule has 3 nitrogen and oxygen atoms in total. The summed E-state index contributed by atoms with van der Waals surface area (Å²) in [6, 6.07) is 8.06. The summed E-state index contributed by atoms with van der Waals surface area (Å²) < 4.78 is 0. The average Bonchev–Trinajstić information content (AvgIpc) is 2.93. The molecule has 0 unspecified atom stereocenters. The zero-order valence-corrected chi connectivity index (χ0v) is 8.21. The number of hydrogen-bond donors (Lipinski definition) is 2. The Morgan fingerprint density at radius 1 is 1.36 bits per heavy atom. The molecular formula is C11H14N2O. The van der Waals surface area contributed by atoms with Crippen molar-refractivity contribution in [2.75, 3.05) is 5.32 Å². The van der Waals surface area contributed by atoms with Gasteiger partial charge in [-0.3, -0.25) is 0 Å². The molecule has 1 fully saturated rings. The SMILES string of the molecule is Cc1ccccc1NC(=O)NC1CC1. The van der Waals surface area contributed by atoms with Gasteiger partial charge in [-0.05, 0) is 31.4 Å². The average molecular weight is 190 g/mol. The predicted molar refractivity (Wildman–Crippen MR) is 56.4 cm³/mol. The second-order valence-electron chi connectivity index (χ2n) is 3.69. The largest absolute Gasteiger partial charge is 0.335 e. The van der Waals surface area contributed by atoms with Crippen LogP contribution in [0.25, 0.3) is 0 Å². The maximum atomic E-state index is 11.4. The molecule has 1 saturated carbocycles. The number of benzene rings is 1. The summed E-state index contributed by atoms with van der Waals surface area (Å²) in [5, 5.41) is 5.71. The first-order valence-electron chi connectivity index (χ1n) is 4.89. The molecule has 0 bridgehead atoms. The highest BCUT2D eigenvalue weighted by Gasteiger charge is 2.23. The van der Waals surface area contributed by atoms with Crippen LogP contribution in [0.5, 0.6) is 0 Å². The Labute approximate surface area is 83.5 Å². The van der Waals surface area contributed by atoms with E-state index < -0.39 is 0 Å². The number of amides is 2. The zero-order chi connectivity index (χ0) is 9.97.